The summed E-state index contributed by atoms with van der Waals surface area (Å²) in [5.41, 5.74) is 1.70. The number of hydrogen-bond donors (Lipinski definition) is 1. The lowest BCUT2D eigenvalue weighted by Gasteiger charge is -2.23. The van der Waals surface area contributed by atoms with Gasteiger partial charge in [0, 0.05) is 37.9 Å². The molecule has 3 rings (SSSR count). The molecule has 1 aliphatic rings. The molecule has 1 saturated carbocycles. The highest BCUT2D eigenvalue weighted by atomic mass is 35.5. The Labute approximate surface area is 167 Å². The van der Waals surface area contributed by atoms with Crippen LogP contribution >= 0.6 is 11.6 Å². The van der Waals surface area contributed by atoms with Crippen molar-refractivity contribution in [2.75, 3.05) is 44.4 Å². The van der Waals surface area contributed by atoms with Crippen LogP contribution in [0.3, 0.4) is 0 Å². The fourth-order valence-corrected chi connectivity index (χ4v) is 3.51. The van der Waals surface area contributed by atoms with Crippen LogP contribution < -0.4 is 10.2 Å². The van der Waals surface area contributed by atoms with Gasteiger partial charge in [0.1, 0.15) is 5.82 Å². The number of nitrogens with one attached hydrogen (secondary N) is 1. The topological polar surface area (TPSA) is 57.2 Å². The minimum atomic E-state index is 0.456. The Morgan fingerprint density at radius 1 is 1.11 bits per heavy atom. The second-order valence-corrected chi connectivity index (χ2v) is 7.90. The summed E-state index contributed by atoms with van der Waals surface area (Å²) >= 11 is 6.41. The Kier molecular flexibility index (Phi) is 6.85. The highest BCUT2D eigenvalue weighted by Crippen LogP contribution is 2.29. The number of anilines is 2. The van der Waals surface area contributed by atoms with Gasteiger partial charge in [-0.3, -0.25) is 0 Å². The maximum Gasteiger partial charge on any atom is 0.223 e. The van der Waals surface area contributed by atoms with Crippen molar-refractivity contribution in [2.45, 2.75) is 38.1 Å². The summed E-state index contributed by atoms with van der Waals surface area (Å²) in [7, 11) is 6.19. The van der Waals surface area contributed by atoms with Crippen LogP contribution in [-0.2, 0) is 0 Å². The normalized spacial score (nSPS) is 15.1. The summed E-state index contributed by atoms with van der Waals surface area (Å²) in [5.74, 6) is 1.56. The van der Waals surface area contributed by atoms with Crippen molar-refractivity contribution in [2.24, 2.45) is 0 Å². The number of hydrogen-bond acceptors (Lipinski definition) is 6. The highest BCUT2D eigenvalue weighted by molar-refractivity contribution is 6.32. The fraction of sp³-hybridized carbons (Fsp3) is 0.550. The van der Waals surface area contributed by atoms with Crippen LogP contribution in [0.2, 0.25) is 5.02 Å². The molecule has 0 radical (unpaired) electrons. The van der Waals surface area contributed by atoms with Gasteiger partial charge in [0.15, 0.2) is 0 Å². The molecule has 1 aliphatic carbocycles. The Balaban J connectivity index is 1.78. The fourth-order valence-electron chi connectivity index (χ4n) is 3.31. The van der Waals surface area contributed by atoms with Gasteiger partial charge in [0.05, 0.1) is 16.9 Å². The second kappa shape index (κ2) is 9.33. The van der Waals surface area contributed by atoms with E-state index in [2.05, 4.69) is 39.2 Å². The maximum atomic E-state index is 6.41. The molecule has 7 heteroatoms. The summed E-state index contributed by atoms with van der Waals surface area (Å²) in [4.78, 5) is 17.9. The van der Waals surface area contributed by atoms with Crippen molar-refractivity contribution < 1.29 is 0 Å². The molecule has 6 nitrogen and oxygen atoms in total. The van der Waals surface area contributed by atoms with Crippen LogP contribution in [-0.4, -0.2) is 60.1 Å². The Morgan fingerprint density at radius 3 is 2.63 bits per heavy atom. The zero-order valence-corrected chi connectivity index (χ0v) is 17.2. The van der Waals surface area contributed by atoms with E-state index in [1.807, 2.05) is 25.4 Å². The monoisotopic (exact) mass is 388 g/mol. The lowest BCUT2D eigenvalue weighted by molar-refractivity contribution is 0.416. The quantitative estimate of drug-likeness (QED) is 0.775. The predicted molar refractivity (Wildman–Crippen MR) is 113 cm³/mol. The number of rotatable bonds is 7. The summed E-state index contributed by atoms with van der Waals surface area (Å²) < 4.78 is 0. The lowest BCUT2D eigenvalue weighted by atomic mass is 9.96. The molecular formula is C20H29ClN6. The average Bonchev–Trinajstić information content (AvgIpc) is 2.68. The Hall–Kier alpha value is -1.92. The van der Waals surface area contributed by atoms with Crippen LogP contribution in [0.25, 0.3) is 11.3 Å². The van der Waals surface area contributed by atoms with E-state index >= 15 is 0 Å². The smallest absolute Gasteiger partial charge is 0.223 e. The van der Waals surface area contributed by atoms with Gasteiger partial charge in [-0.15, -0.1) is 0 Å². The van der Waals surface area contributed by atoms with Crippen molar-refractivity contribution in [3.8, 4) is 11.3 Å². The van der Waals surface area contributed by atoms with Gasteiger partial charge in [-0.2, -0.15) is 0 Å². The third-order valence-corrected chi connectivity index (χ3v) is 5.25. The van der Waals surface area contributed by atoms with Crippen LogP contribution in [0.15, 0.2) is 24.5 Å². The van der Waals surface area contributed by atoms with Crippen LogP contribution in [0.5, 0.6) is 0 Å². The number of pyridine rings is 1. The van der Waals surface area contributed by atoms with Gasteiger partial charge in [-0.05, 0) is 39.1 Å². The van der Waals surface area contributed by atoms with Gasteiger partial charge < -0.3 is 15.1 Å². The van der Waals surface area contributed by atoms with E-state index in [-0.39, 0.29) is 0 Å². The van der Waals surface area contributed by atoms with E-state index in [4.69, 9.17) is 16.6 Å². The summed E-state index contributed by atoms with van der Waals surface area (Å²) in [6, 6.07) is 4.44. The first-order valence-corrected chi connectivity index (χ1v) is 10.0. The number of likely N-dealkylation sites (N-methyl/N-ethyl adjacent to an activating group) is 2. The molecule has 1 fully saturated rings. The second-order valence-electron chi connectivity index (χ2n) is 7.50. The molecule has 0 atom stereocenters. The van der Waals surface area contributed by atoms with Crippen molar-refractivity contribution in [1.82, 2.24) is 19.9 Å². The first-order valence-electron chi connectivity index (χ1n) is 9.64. The molecule has 0 spiro atoms. The molecule has 0 amide bonds. The Morgan fingerprint density at radius 2 is 1.89 bits per heavy atom. The molecule has 0 unspecified atom stereocenters. The summed E-state index contributed by atoms with van der Waals surface area (Å²) in [5, 5.41) is 4.03. The zero-order valence-electron chi connectivity index (χ0n) is 16.5. The molecule has 0 aliphatic heterocycles. The first-order chi connectivity index (χ1) is 13.0. The standard InChI is InChI=1S/C20H29ClN6/c1-26(2)11-12-27(3)18-13-15(9-10-22-18)19-17(21)14-23-20(25-19)24-16-7-5-4-6-8-16/h9-10,13-14,16H,4-8,11-12H2,1-3H3,(H,23,24,25). The number of halogens is 1. The maximum absolute atomic E-state index is 6.41. The van der Waals surface area contributed by atoms with Crippen molar-refractivity contribution >= 4 is 23.4 Å². The third kappa shape index (κ3) is 5.53. The largest absolute Gasteiger partial charge is 0.358 e. The van der Waals surface area contributed by atoms with Gasteiger partial charge in [-0.1, -0.05) is 30.9 Å². The van der Waals surface area contributed by atoms with E-state index in [1.165, 1.54) is 32.1 Å². The molecule has 0 aromatic carbocycles. The molecule has 27 heavy (non-hydrogen) atoms. The zero-order chi connectivity index (χ0) is 19.2. The minimum Gasteiger partial charge on any atom is -0.358 e. The van der Waals surface area contributed by atoms with E-state index in [9.17, 15) is 0 Å². The van der Waals surface area contributed by atoms with Crippen LogP contribution in [0, 0.1) is 0 Å². The van der Waals surface area contributed by atoms with Crippen LogP contribution in [0.1, 0.15) is 32.1 Å². The van der Waals surface area contributed by atoms with Gasteiger partial charge in [-0.25, -0.2) is 15.0 Å². The molecule has 0 saturated heterocycles. The number of aromatic nitrogens is 3. The van der Waals surface area contributed by atoms with Gasteiger partial charge >= 0.3 is 0 Å². The minimum absolute atomic E-state index is 0.456. The van der Waals surface area contributed by atoms with E-state index < -0.39 is 0 Å². The number of nitrogens with zero attached hydrogens (tertiary/aromatic N) is 5. The summed E-state index contributed by atoms with van der Waals surface area (Å²) in [6.07, 6.45) is 9.71. The molecule has 1 N–H and O–H groups in total. The summed E-state index contributed by atoms with van der Waals surface area (Å²) in [6.45, 7) is 1.86. The molecule has 0 bridgehead atoms. The molecule has 146 valence electrons. The van der Waals surface area contributed by atoms with Gasteiger partial charge in [0.2, 0.25) is 5.95 Å². The molecule has 2 aromatic heterocycles. The molecule has 2 aromatic rings. The van der Waals surface area contributed by atoms with Crippen molar-refractivity contribution in [3.63, 3.8) is 0 Å². The van der Waals surface area contributed by atoms with E-state index in [1.54, 1.807) is 6.20 Å². The van der Waals surface area contributed by atoms with Crippen molar-refractivity contribution in [1.29, 1.82) is 0 Å². The van der Waals surface area contributed by atoms with E-state index in [0.29, 0.717) is 17.0 Å². The lowest BCUT2D eigenvalue weighted by Crippen LogP contribution is -2.28. The SMILES string of the molecule is CN(C)CCN(C)c1cc(-c2nc(NC3CCCCC3)ncc2Cl)ccn1. The molecule has 2 heterocycles. The van der Waals surface area contributed by atoms with E-state index in [0.717, 1.165) is 30.2 Å². The third-order valence-electron chi connectivity index (χ3n) is 4.98. The average molecular weight is 389 g/mol. The van der Waals surface area contributed by atoms with Crippen molar-refractivity contribution in [3.05, 3.63) is 29.5 Å². The van der Waals surface area contributed by atoms with Gasteiger partial charge in [0.25, 0.3) is 0 Å². The highest BCUT2D eigenvalue weighted by Gasteiger charge is 2.16. The first kappa shape index (κ1) is 19.8. The van der Waals surface area contributed by atoms with Crippen LogP contribution in [0.4, 0.5) is 11.8 Å². The predicted octanol–water partition coefficient (Wildman–Crippen LogP) is 3.93. The molecular weight excluding hydrogens is 360 g/mol. The Bertz CT molecular complexity index is 745.